The molecule has 100 valence electrons. The molecule has 1 aromatic carbocycles. The van der Waals surface area contributed by atoms with Crippen LogP contribution in [0.4, 0.5) is 10.5 Å². The molecule has 0 spiro atoms. The Bertz CT molecular complexity index is 532. The van der Waals surface area contributed by atoms with E-state index in [0.717, 1.165) is 0 Å². The van der Waals surface area contributed by atoms with E-state index in [0.29, 0.717) is 17.8 Å². The number of aromatic carboxylic acids is 1. The quantitative estimate of drug-likeness (QED) is 0.815. The number of terminal acetylenes is 1. The van der Waals surface area contributed by atoms with Gasteiger partial charge in [0.05, 0.1) is 12.1 Å². The summed E-state index contributed by atoms with van der Waals surface area (Å²) in [5, 5.41) is 11.6. The summed E-state index contributed by atoms with van der Waals surface area (Å²) in [6.07, 6.45) is 5.18. The Morgan fingerprint density at radius 2 is 2.16 bits per heavy atom. The summed E-state index contributed by atoms with van der Waals surface area (Å²) in [5.41, 5.74) is 1.45. The number of carboxylic acids is 1. The van der Waals surface area contributed by atoms with Gasteiger partial charge in [0.1, 0.15) is 0 Å². The molecule has 5 nitrogen and oxygen atoms in total. The van der Waals surface area contributed by atoms with E-state index in [1.165, 1.54) is 17.0 Å². The van der Waals surface area contributed by atoms with Crippen molar-refractivity contribution in [3.05, 3.63) is 29.3 Å². The van der Waals surface area contributed by atoms with E-state index in [9.17, 15) is 9.59 Å². The second kappa shape index (κ2) is 6.45. The predicted molar refractivity (Wildman–Crippen MR) is 73.2 cm³/mol. The molecular formula is C14H16N2O3. The van der Waals surface area contributed by atoms with E-state index in [-0.39, 0.29) is 18.1 Å². The van der Waals surface area contributed by atoms with Gasteiger partial charge in [0.15, 0.2) is 0 Å². The lowest BCUT2D eigenvalue weighted by Crippen LogP contribution is -2.35. The van der Waals surface area contributed by atoms with E-state index in [1.807, 2.05) is 6.92 Å². The first-order valence-electron chi connectivity index (χ1n) is 5.83. The molecule has 2 amide bonds. The zero-order chi connectivity index (χ0) is 14.4. The van der Waals surface area contributed by atoms with Gasteiger partial charge in [-0.25, -0.2) is 9.59 Å². The molecule has 0 unspecified atom stereocenters. The van der Waals surface area contributed by atoms with E-state index in [4.69, 9.17) is 11.5 Å². The molecule has 0 atom stereocenters. The van der Waals surface area contributed by atoms with Crippen molar-refractivity contribution < 1.29 is 14.7 Å². The van der Waals surface area contributed by atoms with Gasteiger partial charge in [0, 0.05) is 12.2 Å². The van der Waals surface area contributed by atoms with Crippen LogP contribution >= 0.6 is 0 Å². The Balaban J connectivity index is 2.85. The number of carbonyl (C=O) groups is 2. The summed E-state index contributed by atoms with van der Waals surface area (Å²) in [5.74, 6) is 1.41. The highest BCUT2D eigenvalue weighted by molar-refractivity contribution is 5.92. The van der Waals surface area contributed by atoms with Gasteiger partial charge in [-0.15, -0.1) is 6.42 Å². The van der Waals surface area contributed by atoms with E-state index < -0.39 is 5.97 Å². The molecule has 0 aliphatic carbocycles. The Kier molecular flexibility index (Phi) is 4.95. The van der Waals surface area contributed by atoms with Crippen LogP contribution in [0.1, 0.15) is 22.8 Å². The molecule has 0 radical (unpaired) electrons. The molecule has 0 aliphatic heterocycles. The topological polar surface area (TPSA) is 69.6 Å². The first-order chi connectivity index (χ1) is 8.99. The zero-order valence-corrected chi connectivity index (χ0v) is 10.9. The Morgan fingerprint density at radius 3 is 2.63 bits per heavy atom. The van der Waals surface area contributed by atoms with Crippen LogP contribution in [0.15, 0.2) is 18.2 Å². The smallest absolute Gasteiger partial charge is 0.335 e. The monoisotopic (exact) mass is 260 g/mol. The number of rotatable bonds is 4. The number of nitrogens with one attached hydrogen (secondary N) is 1. The third kappa shape index (κ3) is 3.75. The average Bonchev–Trinajstić information content (AvgIpc) is 2.37. The molecule has 0 saturated heterocycles. The SMILES string of the molecule is C#CCN(CC)C(=O)Nc1ccc(C(=O)O)cc1C. The third-order valence-electron chi connectivity index (χ3n) is 2.67. The minimum atomic E-state index is -0.997. The van der Waals surface area contributed by atoms with Crippen molar-refractivity contribution in [2.75, 3.05) is 18.4 Å². The summed E-state index contributed by atoms with van der Waals surface area (Å²) in [6.45, 7) is 4.30. The molecule has 0 aliphatic rings. The maximum absolute atomic E-state index is 11.9. The fourth-order valence-electron chi connectivity index (χ4n) is 1.57. The number of urea groups is 1. The van der Waals surface area contributed by atoms with Crippen LogP contribution in [0, 0.1) is 19.3 Å². The molecule has 0 aromatic heterocycles. The van der Waals surface area contributed by atoms with Gasteiger partial charge in [-0.3, -0.25) is 0 Å². The van der Waals surface area contributed by atoms with Crippen LogP contribution in [-0.2, 0) is 0 Å². The summed E-state index contributed by atoms with van der Waals surface area (Å²) in [6, 6.07) is 4.23. The van der Waals surface area contributed by atoms with Crippen LogP contribution < -0.4 is 5.32 Å². The Morgan fingerprint density at radius 1 is 1.47 bits per heavy atom. The number of carbonyl (C=O) groups excluding carboxylic acids is 1. The fourth-order valence-corrected chi connectivity index (χ4v) is 1.57. The molecule has 5 heteroatoms. The number of hydrogen-bond acceptors (Lipinski definition) is 2. The first-order valence-corrected chi connectivity index (χ1v) is 5.83. The van der Waals surface area contributed by atoms with E-state index in [1.54, 1.807) is 13.0 Å². The number of amides is 2. The molecule has 0 saturated carbocycles. The summed E-state index contributed by atoms with van der Waals surface area (Å²) < 4.78 is 0. The van der Waals surface area contributed by atoms with Crippen molar-refractivity contribution in [3.63, 3.8) is 0 Å². The molecule has 0 fully saturated rings. The molecule has 0 heterocycles. The van der Waals surface area contributed by atoms with Crippen LogP contribution in [-0.4, -0.2) is 35.1 Å². The minimum Gasteiger partial charge on any atom is -0.478 e. The van der Waals surface area contributed by atoms with E-state index >= 15 is 0 Å². The standard InChI is InChI=1S/C14H16N2O3/c1-4-8-16(5-2)14(19)15-12-7-6-11(13(17)18)9-10(12)3/h1,6-7,9H,5,8H2,2-3H3,(H,15,19)(H,17,18). The number of carboxylic acid groups (broad SMARTS) is 1. The fraction of sp³-hybridized carbons (Fsp3) is 0.286. The van der Waals surface area contributed by atoms with Gasteiger partial charge in [0.2, 0.25) is 0 Å². The second-order valence-corrected chi connectivity index (χ2v) is 3.98. The first kappa shape index (κ1) is 14.6. The van der Waals surface area contributed by atoms with Gasteiger partial charge in [0.25, 0.3) is 0 Å². The van der Waals surface area contributed by atoms with E-state index in [2.05, 4.69) is 11.2 Å². The summed E-state index contributed by atoms with van der Waals surface area (Å²) in [7, 11) is 0. The third-order valence-corrected chi connectivity index (χ3v) is 2.67. The van der Waals surface area contributed by atoms with Crippen molar-refractivity contribution in [1.29, 1.82) is 0 Å². The van der Waals surface area contributed by atoms with Crippen molar-refractivity contribution >= 4 is 17.7 Å². The number of hydrogen-bond donors (Lipinski definition) is 2. The molecule has 1 rings (SSSR count). The van der Waals surface area contributed by atoms with Crippen molar-refractivity contribution in [2.24, 2.45) is 0 Å². The summed E-state index contributed by atoms with van der Waals surface area (Å²) >= 11 is 0. The Hall–Kier alpha value is -2.48. The Labute approximate surface area is 112 Å². The van der Waals surface area contributed by atoms with Gasteiger partial charge in [-0.05, 0) is 37.6 Å². The summed E-state index contributed by atoms with van der Waals surface area (Å²) in [4.78, 5) is 24.2. The molecule has 1 aromatic rings. The molecular weight excluding hydrogens is 244 g/mol. The largest absolute Gasteiger partial charge is 0.478 e. The van der Waals surface area contributed by atoms with Crippen molar-refractivity contribution in [1.82, 2.24) is 4.90 Å². The van der Waals surface area contributed by atoms with Gasteiger partial charge < -0.3 is 15.3 Å². The van der Waals surface area contributed by atoms with Crippen LogP contribution in [0.2, 0.25) is 0 Å². The predicted octanol–water partition coefficient (Wildman–Crippen LogP) is 2.18. The average molecular weight is 260 g/mol. The van der Waals surface area contributed by atoms with Crippen LogP contribution in [0.3, 0.4) is 0 Å². The number of nitrogens with zero attached hydrogens (tertiary/aromatic N) is 1. The number of benzene rings is 1. The zero-order valence-electron chi connectivity index (χ0n) is 10.9. The second-order valence-electron chi connectivity index (χ2n) is 3.98. The van der Waals surface area contributed by atoms with Crippen LogP contribution in [0.5, 0.6) is 0 Å². The lowest BCUT2D eigenvalue weighted by molar-refractivity contribution is 0.0697. The van der Waals surface area contributed by atoms with Gasteiger partial charge >= 0.3 is 12.0 Å². The maximum atomic E-state index is 11.9. The molecule has 0 bridgehead atoms. The minimum absolute atomic E-state index is 0.187. The molecule has 19 heavy (non-hydrogen) atoms. The van der Waals surface area contributed by atoms with Crippen LogP contribution in [0.25, 0.3) is 0 Å². The maximum Gasteiger partial charge on any atom is 0.335 e. The highest BCUT2D eigenvalue weighted by Gasteiger charge is 2.12. The lowest BCUT2D eigenvalue weighted by atomic mass is 10.1. The normalized spacial score (nSPS) is 9.53. The lowest BCUT2D eigenvalue weighted by Gasteiger charge is -2.19. The van der Waals surface area contributed by atoms with Crippen molar-refractivity contribution in [2.45, 2.75) is 13.8 Å². The van der Waals surface area contributed by atoms with Crippen molar-refractivity contribution in [3.8, 4) is 12.3 Å². The molecule has 2 N–H and O–H groups in total. The highest BCUT2D eigenvalue weighted by Crippen LogP contribution is 2.17. The number of anilines is 1. The number of aryl methyl sites for hydroxylation is 1. The van der Waals surface area contributed by atoms with Gasteiger partial charge in [-0.2, -0.15) is 0 Å². The highest BCUT2D eigenvalue weighted by atomic mass is 16.4. The van der Waals surface area contributed by atoms with Gasteiger partial charge in [-0.1, -0.05) is 5.92 Å².